The molecule has 32 heavy (non-hydrogen) atoms. The van der Waals surface area contributed by atoms with E-state index in [0.29, 0.717) is 30.7 Å². The summed E-state index contributed by atoms with van der Waals surface area (Å²) < 4.78 is 48.3. The third kappa shape index (κ3) is 4.36. The molecule has 1 saturated heterocycles. The molecule has 0 radical (unpaired) electrons. The average molecular weight is 444 g/mol. The molecule has 166 valence electrons. The fourth-order valence-corrected chi connectivity index (χ4v) is 3.53. The number of nitrogens with zero attached hydrogens (tertiary/aromatic N) is 5. The summed E-state index contributed by atoms with van der Waals surface area (Å²) in [6, 6.07) is 7.27. The first-order valence-corrected chi connectivity index (χ1v) is 9.82. The van der Waals surface area contributed by atoms with Gasteiger partial charge in [-0.1, -0.05) is 0 Å². The maximum atomic E-state index is 13.7. The molecular formula is C21H19F3N6O2. The Labute approximate surface area is 181 Å². The van der Waals surface area contributed by atoms with E-state index < -0.39 is 11.7 Å². The lowest BCUT2D eigenvalue weighted by Crippen LogP contribution is -2.24. The molecule has 0 saturated carbocycles. The van der Waals surface area contributed by atoms with Gasteiger partial charge >= 0.3 is 6.18 Å². The van der Waals surface area contributed by atoms with Crippen molar-refractivity contribution in [1.29, 1.82) is 5.26 Å². The number of nitrogens with one attached hydrogen (secondary N) is 1. The Morgan fingerprint density at radius 3 is 2.81 bits per heavy atom. The number of fused-ring (bicyclic) bond motifs is 1. The number of carbonyl (C=O) groups excluding carboxylic acids is 1. The lowest BCUT2D eigenvalue weighted by molar-refractivity contribution is -0.139. The van der Waals surface area contributed by atoms with E-state index in [0.717, 1.165) is 6.07 Å². The van der Waals surface area contributed by atoms with Crippen LogP contribution in [0.15, 0.2) is 30.6 Å². The second kappa shape index (κ2) is 8.47. The lowest BCUT2D eigenvalue weighted by atomic mass is 10.1. The van der Waals surface area contributed by atoms with Gasteiger partial charge in [-0.15, -0.1) is 0 Å². The molecule has 1 fully saturated rings. The predicted octanol–water partition coefficient (Wildman–Crippen LogP) is 2.68. The Hall–Kier alpha value is -3.65. The standard InChI is InChI=1S/C21H19F3N6O2/c1-29-11-27-20-16(9-25)28-15(8-17(20)29)13-3-4-18(14(7-13)21(22,23)24)32-6-2-5-30-10-19(31)26-12-30/h3-4,7-8,11H,2,5-6,10,12H2,1H3,(H,26,31). The first kappa shape index (κ1) is 21.6. The monoisotopic (exact) mass is 444 g/mol. The van der Waals surface area contributed by atoms with Crippen molar-refractivity contribution in [3.8, 4) is 23.1 Å². The maximum absolute atomic E-state index is 13.7. The molecule has 8 nitrogen and oxygen atoms in total. The number of alkyl halides is 3. The molecule has 0 atom stereocenters. The predicted molar refractivity (Wildman–Crippen MR) is 108 cm³/mol. The minimum absolute atomic E-state index is 0.0434. The van der Waals surface area contributed by atoms with Crippen molar-refractivity contribution >= 4 is 16.9 Å². The summed E-state index contributed by atoms with van der Waals surface area (Å²) in [4.78, 5) is 21.4. The number of hydrogen-bond acceptors (Lipinski definition) is 6. The van der Waals surface area contributed by atoms with Crippen LogP contribution in [0, 0.1) is 11.3 Å². The zero-order valence-corrected chi connectivity index (χ0v) is 17.1. The Balaban J connectivity index is 1.57. The van der Waals surface area contributed by atoms with E-state index in [-0.39, 0.29) is 41.8 Å². The van der Waals surface area contributed by atoms with Crippen LogP contribution in [0.2, 0.25) is 0 Å². The smallest absolute Gasteiger partial charge is 0.419 e. The highest BCUT2D eigenvalue weighted by Gasteiger charge is 2.35. The normalized spacial score (nSPS) is 14.5. The Bertz CT molecular complexity index is 1210. The highest BCUT2D eigenvalue weighted by Crippen LogP contribution is 2.39. The van der Waals surface area contributed by atoms with Crippen LogP contribution >= 0.6 is 0 Å². The first-order valence-electron chi connectivity index (χ1n) is 9.82. The number of benzene rings is 1. The van der Waals surface area contributed by atoms with Gasteiger partial charge in [0.2, 0.25) is 5.91 Å². The van der Waals surface area contributed by atoms with Crippen LogP contribution in [-0.4, -0.2) is 51.7 Å². The third-order valence-electron chi connectivity index (χ3n) is 5.14. The largest absolute Gasteiger partial charge is 0.493 e. The van der Waals surface area contributed by atoms with Gasteiger partial charge in [0.25, 0.3) is 0 Å². The summed E-state index contributed by atoms with van der Waals surface area (Å²) >= 11 is 0. The van der Waals surface area contributed by atoms with Gasteiger partial charge in [0.05, 0.1) is 42.9 Å². The van der Waals surface area contributed by atoms with Crippen molar-refractivity contribution in [3.05, 3.63) is 41.9 Å². The van der Waals surface area contributed by atoms with Crippen molar-refractivity contribution in [2.45, 2.75) is 12.6 Å². The van der Waals surface area contributed by atoms with Crippen LogP contribution in [0.5, 0.6) is 5.75 Å². The molecule has 11 heteroatoms. The Kier molecular flexibility index (Phi) is 5.71. The molecule has 0 spiro atoms. The minimum Gasteiger partial charge on any atom is -0.493 e. The summed E-state index contributed by atoms with van der Waals surface area (Å²) in [5.41, 5.74) is 0.562. The van der Waals surface area contributed by atoms with Crippen molar-refractivity contribution in [2.24, 2.45) is 7.05 Å². The fourth-order valence-electron chi connectivity index (χ4n) is 3.53. The van der Waals surface area contributed by atoms with Gasteiger partial charge in [0, 0.05) is 19.2 Å². The Morgan fingerprint density at radius 2 is 2.12 bits per heavy atom. The number of halogens is 3. The number of nitriles is 1. The average Bonchev–Trinajstić information content (AvgIpc) is 3.35. The van der Waals surface area contributed by atoms with E-state index in [4.69, 9.17) is 4.74 Å². The zero-order valence-electron chi connectivity index (χ0n) is 17.1. The molecule has 0 unspecified atom stereocenters. The number of hydrogen-bond donors (Lipinski definition) is 1. The quantitative estimate of drug-likeness (QED) is 0.588. The topological polar surface area (TPSA) is 96.1 Å². The maximum Gasteiger partial charge on any atom is 0.419 e. The summed E-state index contributed by atoms with van der Waals surface area (Å²) in [5, 5.41) is 12.0. The molecule has 3 heterocycles. The number of imidazole rings is 1. The van der Waals surface area contributed by atoms with Crippen LogP contribution in [-0.2, 0) is 18.0 Å². The molecule has 1 aliphatic heterocycles. The summed E-state index contributed by atoms with van der Waals surface area (Å²) in [5.74, 6) is -0.350. The van der Waals surface area contributed by atoms with Gasteiger partial charge in [-0.3, -0.25) is 9.69 Å². The molecular weight excluding hydrogens is 425 g/mol. The van der Waals surface area contributed by atoms with E-state index in [9.17, 15) is 23.2 Å². The molecule has 1 aliphatic rings. The van der Waals surface area contributed by atoms with Crippen LogP contribution in [0.1, 0.15) is 17.7 Å². The molecule has 2 aromatic heterocycles. The second-order valence-electron chi connectivity index (χ2n) is 7.41. The number of ether oxygens (including phenoxy) is 1. The van der Waals surface area contributed by atoms with Gasteiger partial charge in [0.1, 0.15) is 17.3 Å². The molecule has 3 aromatic rings. The van der Waals surface area contributed by atoms with Gasteiger partial charge < -0.3 is 14.6 Å². The van der Waals surface area contributed by atoms with Crippen LogP contribution < -0.4 is 10.1 Å². The van der Waals surface area contributed by atoms with Gasteiger partial charge in [-0.2, -0.15) is 18.4 Å². The van der Waals surface area contributed by atoms with Crippen molar-refractivity contribution in [1.82, 2.24) is 24.8 Å². The number of aryl methyl sites for hydroxylation is 1. The number of pyridine rings is 1. The number of rotatable bonds is 6. The van der Waals surface area contributed by atoms with E-state index >= 15 is 0 Å². The van der Waals surface area contributed by atoms with Gasteiger partial charge in [-0.25, -0.2) is 9.97 Å². The van der Waals surface area contributed by atoms with E-state index in [1.807, 2.05) is 11.0 Å². The lowest BCUT2D eigenvalue weighted by Gasteiger charge is -2.17. The third-order valence-corrected chi connectivity index (χ3v) is 5.14. The molecule has 1 amide bonds. The fraction of sp³-hybridized carbons (Fsp3) is 0.333. The van der Waals surface area contributed by atoms with E-state index in [1.54, 1.807) is 17.7 Å². The summed E-state index contributed by atoms with van der Waals surface area (Å²) in [7, 11) is 1.73. The SMILES string of the molecule is Cn1cnc2c(C#N)nc(-c3ccc(OCCCN4CNC(=O)C4)c(C(F)(F)F)c3)cc21. The number of amides is 1. The second-order valence-corrected chi connectivity index (χ2v) is 7.41. The Morgan fingerprint density at radius 1 is 1.31 bits per heavy atom. The van der Waals surface area contributed by atoms with Crippen LogP contribution in [0.4, 0.5) is 13.2 Å². The highest BCUT2D eigenvalue weighted by molar-refractivity contribution is 5.84. The summed E-state index contributed by atoms with van der Waals surface area (Å²) in [6.45, 7) is 1.32. The van der Waals surface area contributed by atoms with Gasteiger partial charge in [-0.05, 0) is 30.7 Å². The first-order chi connectivity index (χ1) is 15.3. The van der Waals surface area contributed by atoms with Crippen LogP contribution in [0.3, 0.4) is 0 Å². The van der Waals surface area contributed by atoms with Crippen LogP contribution in [0.25, 0.3) is 22.3 Å². The van der Waals surface area contributed by atoms with Crippen molar-refractivity contribution < 1.29 is 22.7 Å². The molecule has 1 N–H and O–H groups in total. The van der Waals surface area contributed by atoms with Crippen molar-refractivity contribution in [2.75, 3.05) is 26.4 Å². The molecule has 4 rings (SSSR count). The highest BCUT2D eigenvalue weighted by atomic mass is 19.4. The van der Waals surface area contributed by atoms with E-state index in [2.05, 4.69) is 15.3 Å². The molecule has 0 aliphatic carbocycles. The molecule has 1 aromatic carbocycles. The van der Waals surface area contributed by atoms with E-state index in [1.165, 1.54) is 18.5 Å². The number of aromatic nitrogens is 3. The summed E-state index contributed by atoms with van der Waals surface area (Å²) in [6.07, 6.45) is -2.65. The minimum atomic E-state index is -4.63. The van der Waals surface area contributed by atoms with Crippen molar-refractivity contribution in [3.63, 3.8) is 0 Å². The van der Waals surface area contributed by atoms with Gasteiger partial charge in [0.15, 0.2) is 5.69 Å². The molecule has 0 bridgehead atoms. The number of carbonyl (C=O) groups is 1. The zero-order chi connectivity index (χ0) is 22.9.